The van der Waals surface area contributed by atoms with Crippen molar-refractivity contribution in [3.63, 3.8) is 0 Å². The zero-order valence-electron chi connectivity index (χ0n) is 20.6. The highest BCUT2D eigenvalue weighted by molar-refractivity contribution is 6.03. The molecule has 34 heavy (non-hydrogen) atoms. The van der Waals surface area contributed by atoms with Crippen molar-refractivity contribution in [1.82, 2.24) is 10.2 Å². The van der Waals surface area contributed by atoms with E-state index >= 15 is 0 Å². The summed E-state index contributed by atoms with van der Waals surface area (Å²) in [5, 5.41) is 2.82. The molecule has 1 atom stereocenters. The van der Waals surface area contributed by atoms with Crippen LogP contribution in [0.3, 0.4) is 0 Å². The fourth-order valence-corrected chi connectivity index (χ4v) is 4.12. The van der Waals surface area contributed by atoms with Crippen molar-refractivity contribution in [2.45, 2.75) is 72.3 Å². The van der Waals surface area contributed by atoms with Gasteiger partial charge in [0, 0.05) is 6.54 Å². The summed E-state index contributed by atoms with van der Waals surface area (Å²) < 4.78 is 11.5. The van der Waals surface area contributed by atoms with E-state index in [1.54, 1.807) is 24.3 Å². The molecule has 1 unspecified atom stereocenters. The van der Waals surface area contributed by atoms with Crippen LogP contribution in [-0.4, -0.2) is 34.6 Å². The van der Waals surface area contributed by atoms with Crippen LogP contribution in [0.4, 0.5) is 4.79 Å². The molecule has 7 heteroatoms. The van der Waals surface area contributed by atoms with E-state index < -0.39 is 23.3 Å². The van der Waals surface area contributed by atoms with Crippen molar-refractivity contribution >= 4 is 17.9 Å². The van der Waals surface area contributed by atoms with Gasteiger partial charge < -0.3 is 14.8 Å². The van der Waals surface area contributed by atoms with Crippen LogP contribution in [0.2, 0.25) is 0 Å². The van der Waals surface area contributed by atoms with Crippen LogP contribution in [0.25, 0.3) is 0 Å². The van der Waals surface area contributed by atoms with E-state index in [0.29, 0.717) is 25.1 Å². The number of esters is 1. The maximum absolute atomic E-state index is 13.0. The van der Waals surface area contributed by atoms with Gasteiger partial charge in [-0.15, -0.1) is 0 Å². The van der Waals surface area contributed by atoms with Gasteiger partial charge in [0.15, 0.2) is 6.23 Å². The van der Waals surface area contributed by atoms with Gasteiger partial charge in [-0.25, -0.2) is 9.69 Å². The summed E-state index contributed by atoms with van der Waals surface area (Å²) >= 11 is 0. The predicted molar refractivity (Wildman–Crippen MR) is 129 cm³/mol. The molecular weight excluding hydrogens is 432 g/mol. The molecule has 1 heterocycles. The Kier molecular flexibility index (Phi) is 7.64. The van der Waals surface area contributed by atoms with E-state index in [9.17, 15) is 14.4 Å². The highest BCUT2D eigenvalue weighted by Crippen LogP contribution is 2.46. The lowest BCUT2D eigenvalue weighted by Gasteiger charge is -2.53. The van der Waals surface area contributed by atoms with Crippen LogP contribution in [0.5, 0.6) is 5.75 Å². The molecule has 2 aromatic carbocycles. The lowest BCUT2D eigenvalue weighted by Crippen LogP contribution is -2.73. The number of urea groups is 1. The second-order valence-electron chi connectivity index (χ2n) is 9.56. The number of carbonyl (C=O) groups is 3. The van der Waals surface area contributed by atoms with Crippen LogP contribution < -0.4 is 10.1 Å². The molecule has 3 rings (SSSR count). The molecule has 0 radical (unpaired) electrons. The first-order valence-corrected chi connectivity index (χ1v) is 11.7. The number of amides is 3. The maximum Gasteiger partial charge on any atom is 0.327 e. The first-order chi connectivity index (χ1) is 16.1. The minimum atomic E-state index is -0.751. The van der Waals surface area contributed by atoms with Crippen LogP contribution in [-0.2, 0) is 27.3 Å². The van der Waals surface area contributed by atoms with Crippen LogP contribution in [0.1, 0.15) is 58.6 Å². The molecule has 182 valence electrons. The summed E-state index contributed by atoms with van der Waals surface area (Å²) in [5.74, 6) is -0.00446. The van der Waals surface area contributed by atoms with E-state index in [1.165, 1.54) is 4.90 Å². The molecule has 1 fully saturated rings. The lowest BCUT2D eigenvalue weighted by atomic mass is 9.72. The third-order valence-corrected chi connectivity index (χ3v) is 6.06. The van der Waals surface area contributed by atoms with Crippen LogP contribution in [0.15, 0.2) is 54.6 Å². The average molecular weight is 467 g/mol. The van der Waals surface area contributed by atoms with E-state index in [0.717, 1.165) is 11.1 Å². The molecule has 3 amide bonds. The minimum Gasteiger partial charge on any atom is -0.469 e. The van der Waals surface area contributed by atoms with Crippen molar-refractivity contribution in [3.05, 3.63) is 65.7 Å². The second kappa shape index (κ2) is 10.3. The average Bonchev–Trinajstić information content (AvgIpc) is 2.79. The Morgan fingerprint density at radius 2 is 1.59 bits per heavy atom. The van der Waals surface area contributed by atoms with Crippen molar-refractivity contribution in [1.29, 1.82) is 0 Å². The highest BCUT2D eigenvalue weighted by Gasteiger charge is 2.62. The number of rotatable bonds is 8. The molecular formula is C27H34N2O5. The molecule has 1 saturated heterocycles. The summed E-state index contributed by atoms with van der Waals surface area (Å²) in [6.45, 7) is 9.67. The van der Waals surface area contributed by atoms with E-state index in [4.69, 9.17) is 9.47 Å². The van der Waals surface area contributed by atoms with E-state index in [-0.39, 0.29) is 18.3 Å². The van der Waals surface area contributed by atoms with Crippen molar-refractivity contribution in [2.24, 2.45) is 5.41 Å². The number of β-lactam (4-membered cyclic amide) rings is 1. The molecule has 1 aliphatic heterocycles. The molecule has 1 aliphatic rings. The van der Waals surface area contributed by atoms with Crippen molar-refractivity contribution < 1.29 is 23.9 Å². The standard InChI is InChI=1S/C27H34N2O5/c1-6-27(7-2)23(31)29(25(32)28-18-20-11-9-8-10-12-20)24(27)33-21-15-13-19(14-16-21)17-22(30)34-26(3,4)5/h8-16,24H,6-7,17-18H2,1-5H3,(H,28,32). The number of benzene rings is 2. The Labute approximate surface area is 201 Å². The Morgan fingerprint density at radius 1 is 0.971 bits per heavy atom. The molecule has 0 aliphatic carbocycles. The van der Waals surface area contributed by atoms with Crippen molar-refractivity contribution in [2.75, 3.05) is 0 Å². The third-order valence-electron chi connectivity index (χ3n) is 6.06. The zero-order valence-corrected chi connectivity index (χ0v) is 20.6. The number of ether oxygens (including phenoxy) is 2. The third kappa shape index (κ3) is 5.58. The smallest absolute Gasteiger partial charge is 0.327 e. The summed E-state index contributed by atoms with van der Waals surface area (Å²) in [6.07, 6.45) is 0.571. The molecule has 7 nitrogen and oxygen atoms in total. The predicted octanol–water partition coefficient (Wildman–Crippen LogP) is 4.83. The molecule has 0 aromatic heterocycles. The number of carbonyl (C=O) groups excluding carboxylic acids is 3. The van der Waals surface area contributed by atoms with Crippen LogP contribution in [0, 0.1) is 5.41 Å². The van der Waals surface area contributed by atoms with Crippen LogP contribution >= 0.6 is 0 Å². The molecule has 2 aromatic rings. The van der Waals surface area contributed by atoms with Gasteiger partial charge in [-0.05, 0) is 56.9 Å². The molecule has 0 saturated carbocycles. The Bertz CT molecular complexity index is 1010. The first kappa shape index (κ1) is 25.3. The van der Waals surface area contributed by atoms with Gasteiger partial charge in [-0.1, -0.05) is 56.3 Å². The molecule has 0 bridgehead atoms. The SMILES string of the molecule is CCC1(CC)C(=O)N(C(=O)NCc2ccccc2)C1Oc1ccc(CC(=O)OC(C)(C)C)cc1. The van der Waals surface area contributed by atoms with Gasteiger partial charge in [0.2, 0.25) is 5.91 Å². The number of imide groups is 1. The fraction of sp³-hybridized carbons (Fsp3) is 0.444. The number of hydrogen-bond acceptors (Lipinski definition) is 5. The first-order valence-electron chi connectivity index (χ1n) is 11.7. The molecule has 1 N–H and O–H groups in total. The largest absolute Gasteiger partial charge is 0.469 e. The summed E-state index contributed by atoms with van der Waals surface area (Å²) in [4.78, 5) is 39.2. The molecule has 0 spiro atoms. The summed E-state index contributed by atoms with van der Waals surface area (Å²) in [6, 6.07) is 16.1. The monoisotopic (exact) mass is 466 g/mol. The van der Waals surface area contributed by atoms with E-state index in [1.807, 2.05) is 65.0 Å². The summed E-state index contributed by atoms with van der Waals surface area (Å²) in [5.41, 5.74) is 0.449. The van der Waals surface area contributed by atoms with Gasteiger partial charge in [-0.3, -0.25) is 9.59 Å². The fourth-order valence-electron chi connectivity index (χ4n) is 4.12. The van der Waals surface area contributed by atoms with E-state index in [2.05, 4.69) is 5.32 Å². The number of hydrogen-bond donors (Lipinski definition) is 1. The van der Waals surface area contributed by atoms with Gasteiger partial charge in [0.25, 0.3) is 0 Å². The Hall–Kier alpha value is -3.35. The zero-order chi connectivity index (χ0) is 24.9. The number of nitrogens with one attached hydrogen (secondary N) is 1. The maximum atomic E-state index is 13.0. The normalized spacial score (nSPS) is 17.0. The Morgan fingerprint density at radius 3 is 2.15 bits per heavy atom. The lowest BCUT2D eigenvalue weighted by molar-refractivity contribution is -0.190. The number of likely N-dealkylation sites (tertiary alicyclic amines) is 1. The topological polar surface area (TPSA) is 84.9 Å². The van der Waals surface area contributed by atoms with Gasteiger partial charge in [0.05, 0.1) is 6.42 Å². The second-order valence-corrected chi connectivity index (χ2v) is 9.56. The summed E-state index contributed by atoms with van der Waals surface area (Å²) in [7, 11) is 0. The van der Waals surface area contributed by atoms with Gasteiger partial charge in [0.1, 0.15) is 16.8 Å². The minimum absolute atomic E-state index is 0.154. The quantitative estimate of drug-likeness (QED) is 0.445. The number of nitrogens with zero attached hydrogens (tertiary/aromatic N) is 1. The van der Waals surface area contributed by atoms with Gasteiger partial charge >= 0.3 is 12.0 Å². The Balaban J connectivity index is 1.69. The van der Waals surface area contributed by atoms with Gasteiger partial charge in [-0.2, -0.15) is 0 Å². The highest BCUT2D eigenvalue weighted by atomic mass is 16.6. The van der Waals surface area contributed by atoms with Crippen molar-refractivity contribution in [3.8, 4) is 5.75 Å².